The molecular weight excluding hydrogens is 1590 g/mol. The van der Waals surface area contributed by atoms with Gasteiger partial charge >= 0.3 is 19.1 Å². The third kappa shape index (κ3) is 16.2. The summed E-state index contributed by atoms with van der Waals surface area (Å²) in [7, 11) is -1.34. The molecule has 0 unspecified atom stereocenters. The molecule has 3 aliphatic heterocycles. The molecule has 19 nitrogen and oxygen atoms in total. The van der Waals surface area contributed by atoms with Crippen LogP contribution in [-0.4, -0.2) is 83.9 Å². The molecule has 6 aliphatic rings. The Morgan fingerprint density at radius 1 is 0.398 bits per heavy atom. The van der Waals surface area contributed by atoms with E-state index in [0.717, 1.165) is 198 Å². The van der Waals surface area contributed by atoms with Crippen molar-refractivity contribution in [2.45, 2.75) is 140 Å². The van der Waals surface area contributed by atoms with Gasteiger partial charge in [-0.2, -0.15) is 0 Å². The number of imidazole rings is 3. The van der Waals surface area contributed by atoms with Crippen LogP contribution in [0.25, 0.3) is 108 Å². The Kier molecular flexibility index (Phi) is 21.9. The van der Waals surface area contributed by atoms with Gasteiger partial charge in [-0.3, -0.25) is 23.3 Å². The molecule has 9 heterocycles. The van der Waals surface area contributed by atoms with Gasteiger partial charge in [-0.05, 0) is 197 Å². The zero-order valence-electron chi connectivity index (χ0n) is 69.6. The molecule has 0 saturated heterocycles. The molecule has 6 aromatic heterocycles. The second kappa shape index (κ2) is 33.3. The Labute approximate surface area is 724 Å². The maximum atomic E-state index is 12.8. The van der Waals surface area contributed by atoms with Crippen molar-refractivity contribution < 1.29 is 29.1 Å². The van der Waals surface area contributed by atoms with Gasteiger partial charge in [0.15, 0.2) is 17.5 Å². The standard InChI is InChI=1S/C36H34N4O2.C30H29BrN4O2.C30H25N5.C6H7BO2/c1-35(2,3)42-30(41)23-36(20-10-21-36)26-18-16-24(17-19-26)31-32(25-11-5-4-6-12-25)40-29-15-9-22-37-33(29)38-28-14-8-7-13-27(28)34(40)39-31;1-29(2,3)37-24(36)18-30(15-7-16-30)20-13-11-19(12-14-20)25-26(31)35-23-10-6-17-32-27(23)33-22-9-5-4-8-21(22)28(35)34-25;31-30(17-7-18-30)22-15-13-20(14-16-22)26-27(21-8-2-1-3-9-21)35-25-12-6-19-32-28(25)33-24-11-5-4-10-23(24)29(35)34-26;8-7(9)6-4-2-1-3-5-6/h4-9,11-19,22H,10,20-21,23H2,1-3H3,(H,37,38);4-6,8-14,17H,7,15-16,18H2,1-3H3,(H,32,33);1-6,8-16,19H,7,17-18,31H2,(H,32,33);1-5,8-9H. The van der Waals surface area contributed by atoms with E-state index in [2.05, 4.69) is 225 Å². The highest BCUT2D eigenvalue weighted by molar-refractivity contribution is 9.10. The molecule has 123 heavy (non-hydrogen) atoms. The molecule has 15 aromatic rings. The highest BCUT2D eigenvalue weighted by Gasteiger charge is 2.44. The Morgan fingerprint density at radius 3 is 1.07 bits per heavy atom. The number of hydrogen-bond acceptors (Lipinski definition) is 16. The molecule has 0 atom stereocenters. The Hall–Kier alpha value is -13.2. The van der Waals surface area contributed by atoms with Crippen LogP contribution in [-0.2, 0) is 35.4 Å². The van der Waals surface area contributed by atoms with Crippen LogP contribution < -0.4 is 27.1 Å². The van der Waals surface area contributed by atoms with Crippen molar-refractivity contribution >= 4 is 75.0 Å². The number of carbonyl (C=O) groups excluding carboxylic acids is 2. The number of pyridine rings is 3. The van der Waals surface area contributed by atoms with E-state index >= 15 is 0 Å². The fraction of sp³-hybridized carbons (Fsp3) is 0.216. The van der Waals surface area contributed by atoms with Crippen LogP contribution in [0.3, 0.4) is 0 Å². The van der Waals surface area contributed by atoms with Gasteiger partial charge in [0.25, 0.3) is 0 Å². The number of nitrogens with zero attached hydrogens (tertiary/aromatic N) is 9. The number of nitrogens with two attached hydrogens (primary N) is 1. The summed E-state index contributed by atoms with van der Waals surface area (Å²) < 4.78 is 18.8. The predicted molar refractivity (Wildman–Crippen MR) is 493 cm³/mol. The van der Waals surface area contributed by atoms with E-state index in [9.17, 15) is 9.59 Å². The lowest BCUT2D eigenvalue weighted by molar-refractivity contribution is -0.158. The average molecular weight is 1690 g/mol. The predicted octanol–water partition coefficient (Wildman–Crippen LogP) is 22.1. The van der Waals surface area contributed by atoms with E-state index in [4.69, 9.17) is 45.2 Å². The van der Waals surface area contributed by atoms with Gasteiger partial charge in [0.1, 0.15) is 39.0 Å². The highest BCUT2D eigenvalue weighted by Crippen LogP contribution is 2.53. The largest absolute Gasteiger partial charge is 0.488 e. The summed E-state index contributed by atoms with van der Waals surface area (Å²) in [6, 6.07) is 92.3. The zero-order chi connectivity index (χ0) is 84.8. The van der Waals surface area contributed by atoms with E-state index < -0.39 is 18.3 Å². The van der Waals surface area contributed by atoms with Gasteiger partial charge in [0.05, 0.1) is 69.7 Å². The maximum Gasteiger partial charge on any atom is 0.488 e. The minimum atomic E-state index is -1.34. The molecule has 3 fully saturated rings. The lowest BCUT2D eigenvalue weighted by Crippen LogP contribution is -2.43. The van der Waals surface area contributed by atoms with E-state index in [1.807, 2.05) is 133 Å². The van der Waals surface area contributed by atoms with Crippen LogP contribution in [0.2, 0.25) is 0 Å². The van der Waals surface area contributed by atoms with Gasteiger partial charge in [-0.15, -0.1) is 0 Å². The number of esters is 2. The van der Waals surface area contributed by atoms with Crippen molar-refractivity contribution in [3.05, 3.63) is 313 Å². The number of ether oxygens (including phenoxy) is 2. The SMILES string of the molecule is CC(C)(C)OC(=O)CC1(c2ccc(-c3nc4n(c3-c3ccccc3)-c3cccnc3Nc3ccccc3-4)cc2)CCC1.CC(C)(C)OC(=O)CC1(c2ccc(-c3nc4n(c3Br)-c3cccnc3Nc3ccccc3-4)cc2)CCC1.NC1(c2ccc(-c3nc4n(c3-c3ccccc3)-c3cccnc3Nc3ccccc3-4)cc2)CCC1.OB(O)c1ccccc1. The summed E-state index contributed by atoms with van der Waals surface area (Å²) in [5.41, 5.74) is 28.2. The third-order valence-corrected chi connectivity index (χ3v) is 24.8. The average Bonchev–Trinajstić information content (AvgIpc) is 1.60. The first kappa shape index (κ1) is 80.9. The van der Waals surface area contributed by atoms with Gasteiger partial charge < -0.3 is 41.2 Å². The minimum Gasteiger partial charge on any atom is -0.460 e. The first-order valence-corrected chi connectivity index (χ1v) is 42.9. The number of carbonyl (C=O) groups is 2. The number of benzene rings is 9. The number of anilines is 6. The van der Waals surface area contributed by atoms with E-state index in [1.54, 1.807) is 30.5 Å². The Bertz CT molecular complexity index is 6410. The molecule has 21 heteroatoms. The molecule has 3 saturated carbocycles. The number of fused-ring (bicyclic) bond motifs is 15. The van der Waals surface area contributed by atoms with Crippen molar-refractivity contribution in [1.82, 2.24) is 43.6 Å². The van der Waals surface area contributed by atoms with Crippen molar-refractivity contribution in [1.29, 1.82) is 0 Å². The van der Waals surface area contributed by atoms with Crippen LogP contribution in [0.1, 0.15) is 129 Å². The summed E-state index contributed by atoms with van der Waals surface area (Å²) in [4.78, 5) is 55.2. The Balaban J connectivity index is 0.000000120. The van der Waals surface area contributed by atoms with E-state index in [-0.39, 0.29) is 28.3 Å². The van der Waals surface area contributed by atoms with E-state index in [1.165, 1.54) is 23.1 Å². The topological polar surface area (TPSA) is 247 Å². The van der Waals surface area contributed by atoms with Crippen molar-refractivity contribution in [3.63, 3.8) is 0 Å². The third-order valence-electron chi connectivity index (χ3n) is 24.1. The summed E-state index contributed by atoms with van der Waals surface area (Å²) in [5.74, 6) is 4.73. The molecule has 3 aliphatic carbocycles. The number of hydrogen-bond donors (Lipinski definition) is 6. The summed E-state index contributed by atoms with van der Waals surface area (Å²) in [6.07, 6.45) is 15.8. The van der Waals surface area contributed by atoms with Crippen molar-refractivity contribution in [3.8, 4) is 108 Å². The number of halogens is 1. The van der Waals surface area contributed by atoms with Crippen LogP contribution in [0.5, 0.6) is 0 Å². The van der Waals surface area contributed by atoms with Crippen molar-refractivity contribution in [2.75, 3.05) is 16.0 Å². The van der Waals surface area contributed by atoms with E-state index in [0.29, 0.717) is 18.3 Å². The smallest absolute Gasteiger partial charge is 0.460 e. The summed E-state index contributed by atoms with van der Waals surface area (Å²) >= 11 is 3.86. The van der Waals surface area contributed by atoms with Crippen LogP contribution in [0.4, 0.5) is 34.5 Å². The fourth-order valence-electron chi connectivity index (χ4n) is 17.6. The highest BCUT2D eigenvalue weighted by atomic mass is 79.9. The van der Waals surface area contributed by atoms with Crippen molar-refractivity contribution in [2.24, 2.45) is 5.73 Å². The fourth-order valence-corrected chi connectivity index (χ4v) is 18.3. The van der Waals surface area contributed by atoms with Gasteiger partial charge in [-0.1, -0.05) is 213 Å². The normalized spacial score (nSPS) is 14.7. The Morgan fingerprint density at radius 2 is 0.724 bits per heavy atom. The second-order valence-corrected chi connectivity index (χ2v) is 35.3. The molecule has 614 valence electrons. The number of para-hydroxylation sites is 3. The molecular formula is C102H95BBrN13O6. The number of rotatable bonds is 13. The zero-order valence-corrected chi connectivity index (χ0v) is 71.2. The molecule has 7 N–H and O–H groups in total. The summed E-state index contributed by atoms with van der Waals surface area (Å²) in [6.45, 7) is 11.5. The number of nitrogens with one attached hydrogen (secondary N) is 3. The molecule has 0 amide bonds. The lowest BCUT2D eigenvalue weighted by atomic mass is 9.62. The molecule has 0 spiro atoms. The monoisotopic (exact) mass is 1690 g/mol. The van der Waals surface area contributed by atoms with Gasteiger partial charge in [0.2, 0.25) is 0 Å². The second-order valence-electron chi connectivity index (χ2n) is 34.5. The van der Waals surface area contributed by atoms with Crippen LogP contribution >= 0.6 is 15.9 Å². The van der Waals surface area contributed by atoms with Gasteiger partial charge in [-0.25, -0.2) is 29.9 Å². The number of aromatic nitrogens is 9. The summed E-state index contributed by atoms with van der Waals surface area (Å²) in [5, 5.41) is 27.7. The van der Waals surface area contributed by atoms with Crippen LogP contribution in [0.15, 0.2) is 296 Å². The van der Waals surface area contributed by atoms with Gasteiger partial charge in [0, 0.05) is 79.5 Å². The van der Waals surface area contributed by atoms with Crippen LogP contribution in [0, 0.1) is 0 Å². The quantitative estimate of drug-likeness (QED) is 0.0464. The molecule has 21 rings (SSSR count). The first-order chi connectivity index (χ1) is 59.6. The molecule has 0 radical (unpaired) electrons. The lowest BCUT2D eigenvalue weighted by Gasteiger charge is -2.42. The minimum absolute atomic E-state index is 0.128. The maximum absolute atomic E-state index is 12.8. The first-order valence-electron chi connectivity index (χ1n) is 42.1. The molecule has 0 bridgehead atoms. The molecule has 9 aromatic carbocycles.